The van der Waals surface area contributed by atoms with E-state index in [4.69, 9.17) is 0 Å². The summed E-state index contributed by atoms with van der Waals surface area (Å²) >= 11 is 0. The summed E-state index contributed by atoms with van der Waals surface area (Å²) in [6.45, 7) is 3.89. The van der Waals surface area contributed by atoms with Crippen LogP contribution in [0, 0.1) is 0 Å². The van der Waals surface area contributed by atoms with Crippen molar-refractivity contribution in [3.8, 4) is 0 Å². The van der Waals surface area contributed by atoms with Gasteiger partial charge in [0.05, 0.1) is 0 Å². The third-order valence-corrected chi connectivity index (χ3v) is 2.66. The van der Waals surface area contributed by atoms with Crippen LogP contribution in [0.2, 0.25) is 0 Å². The molecule has 0 spiro atoms. The smallest absolute Gasteiger partial charge is 0.00258 e. The number of benzene rings is 2. The first-order valence-electron chi connectivity index (χ1n) is 5.80. The van der Waals surface area contributed by atoms with Crippen LogP contribution in [0.5, 0.6) is 0 Å². The first kappa shape index (κ1) is 11.4. The molecule has 0 N–H and O–H groups in total. The van der Waals surface area contributed by atoms with Gasteiger partial charge in [0.2, 0.25) is 0 Å². The van der Waals surface area contributed by atoms with E-state index in [1.807, 2.05) is 18.2 Å². The quantitative estimate of drug-likeness (QED) is 0.665. The Morgan fingerprint density at radius 2 is 1.47 bits per heavy atom. The zero-order valence-electron chi connectivity index (χ0n) is 9.84. The molecule has 0 bridgehead atoms. The van der Waals surface area contributed by atoms with E-state index in [-0.39, 0.29) is 0 Å². The van der Waals surface area contributed by atoms with E-state index in [0.717, 1.165) is 6.42 Å². The van der Waals surface area contributed by atoms with Gasteiger partial charge in [0.1, 0.15) is 0 Å². The minimum Gasteiger partial charge on any atom is -0.0988 e. The van der Waals surface area contributed by atoms with Crippen LogP contribution in [0.4, 0.5) is 0 Å². The summed E-state index contributed by atoms with van der Waals surface area (Å²) in [4.78, 5) is 0. The first-order valence-corrected chi connectivity index (χ1v) is 5.80. The fourth-order valence-corrected chi connectivity index (χ4v) is 1.78. The van der Waals surface area contributed by atoms with Crippen LogP contribution in [-0.2, 0) is 6.42 Å². The summed E-state index contributed by atoms with van der Waals surface area (Å²) in [6.07, 6.45) is 5.04. The van der Waals surface area contributed by atoms with Crippen molar-refractivity contribution in [2.45, 2.75) is 6.42 Å². The molecule has 0 unspecified atom stereocenters. The van der Waals surface area contributed by atoms with Crippen LogP contribution in [-0.4, -0.2) is 0 Å². The highest BCUT2D eigenvalue weighted by Crippen LogP contribution is 2.13. The summed E-state index contributed by atoms with van der Waals surface area (Å²) < 4.78 is 0. The molecule has 0 aliphatic carbocycles. The van der Waals surface area contributed by atoms with Crippen molar-refractivity contribution < 1.29 is 0 Å². The molecular weight excluding hydrogens is 204 g/mol. The summed E-state index contributed by atoms with van der Waals surface area (Å²) in [6, 6.07) is 20.8. The molecule has 0 saturated heterocycles. The Balaban J connectivity index is 2.18. The highest BCUT2D eigenvalue weighted by atomic mass is 14.0. The van der Waals surface area contributed by atoms with Gasteiger partial charge < -0.3 is 0 Å². The Morgan fingerprint density at radius 3 is 2.06 bits per heavy atom. The van der Waals surface area contributed by atoms with E-state index in [0.29, 0.717) is 0 Å². The molecule has 0 nitrogen and oxygen atoms in total. The van der Waals surface area contributed by atoms with Crippen LogP contribution in [0.15, 0.2) is 78.9 Å². The second kappa shape index (κ2) is 5.86. The van der Waals surface area contributed by atoms with Gasteiger partial charge in [-0.15, -0.1) is 0 Å². The van der Waals surface area contributed by atoms with Crippen molar-refractivity contribution in [2.75, 3.05) is 0 Å². The Hall–Kier alpha value is -2.08. The molecule has 0 heteroatoms. The second-order valence-electron chi connectivity index (χ2n) is 4.00. The first-order chi connectivity index (χ1) is 8.38. The lowest BCUT2D eigenvalue weighted by molar-refractivity contribution is 1.21. The van der Waals surface area contributed by atoms with Gasteiger partial charge in [0.25, 0.3) is 0 Å². The van der Waals surface area contributed by atoms with Crippen LogP contribution in [0.3, 0.4) is 0 Å². The van der Waals surface area contributed by atoms with E-state index in [1.54, 1.807) is 0 Å². The standard InChI is InChI=1S/C17H16/c1-2-15(13-16-9-5-3-6-10-16)14-17-11-7-4-8-12-17/h2-13H,1,14H2. The molecule has 0 aromatic heterocycles. The molecule has 17 heavy (non-hydrogen) atoms. The lowest BCUT2D eigenvalue weighted by Crippen LogP contribution is -1.87. The van der Waals surface area contributed by atoms with Gasteiger partial charge in [-0.25, -0.2) is 0 Å². The van der Waals surface area contributed by atoms with E-state index >= 15 is 0 Å². The van der Waals surface area contributed by atoms with Gasteiger partial charge in [0, 0.05) is 0 Å². The molecule has 2 aromatic carbocycles. The van der Waals surface area contributed by atoms with Crippen molar-refractivity contribution in [3.05, 3.63) is 90.0 Å². The molecule has 0 radical (unpaired) electrons. The SMILES string of the molecule is C=CC(=Cc1ccccc1)Cc1ccccc1. The van der Waals surface area contributed by atoms with Gasteiger partial charge in [-0.2, -0.15) is 0 Å². The summed E-state index contributed by atoms with van der Waals surface area (Å²) in [7, 11) is 0. The molecule has 0 heterocycles. The van der Waals surface area contributed by atoms with Crippen molar-refractivity contribution in [1.82, 2.24) is 0 Å². The Morgan fingerprint density at radius 1 is 0.882 bits per heavy atom. The van der Waals surface area contributed by atoms with Crippen molar-refractivity contribution in [2.24, 2.45) is 0 Å². The molecule has 0 aliphatic rings. The zero-order valence-corrected chi connectivity index (χ0v) is 9.84. The summed E-state index contributed by atoms with van der Waals surface area (Å²) in [5.41, 5.74) is 3.77. The predicted octanol–water partition coefficient (Wildman–Crippen LogP) is 4.50. The van der Waals surface area contributed by atoms with Crippen molar-refractivity contribution >= 4 is 6.08 Å². The van der Waals surface area contributed by atoms with Crippen LogP contribution >= 0.6 is 0 Å². The minimum absolute atomic E-state index is 0.930. The topological polar surface area (TPSA) is 0 Å². The number of rotatable bonds is 4. The van der Waals surface area contributed by atoms with Gasteiger partial charge >= 0.3 is 0 Å². The minimum atomic E-state index is 0.930. The maximum atomic E-state index is 3.89. The maximum Gasteiger partial charge on any atom is -0.00258 e. The number of allylic oxidation sites excluding steroid dienone is 2. The predicted molar refractivity (Wildman–Crippen MR) is 74.8 cm³/mol. The molecule has 0 amide bonds. The molecule has 2 rings (SSSR count). The summed E-state index contributed by atoms with van der Waals surface area (Å²) in [5, 5.41) is 0. The van der Waals surface area contributed by atoms with Gasteiger partial charge in [-0.05, 0) is 23.1 Å². The van der Waals surface area contributed by atoms with E-state index in [9.17, 15) is 0 Å². The van der Waals surface area contributed by atoms with Gasteiger partial charge in [-0.3, -0.25) is 0 Å². The van der Waals surface area contributed by atoms with E-state index in [1.165, 1.54) is 16.7 Å². The maximum absolute atomic E-state index is 3.89. The fourth-order valence-electron chi connectivity index (χ4n) is 1.78. The lowest BCUT2D eigenvalue weighted by Gasteiger charge is -2.03. The Labute approximate surface area is 103 Å². The van der Waals surface area contributed by atoms with Crippen molar-refractivity contribution in [1.29, 1.82) is 0 Å². The van der Waals surface area contributed by atoms with Gasteiger partial charge in [0.15, 0.2) is 0 Å². The molecular formula is C17H16. The van der Waals surface area contributed by atoms with Gasteiger partial charge in [-0.1, -0.05) is 79.4 Å². The molecule has 0 aliphatic heterocycles. The average molecular weight is 220 g/mol. The van der Waals surface area contributed by atoms with Crippen LogP contribution in [0.25, 0.3) is 6.08 Å². The fraction of sp³-hybridized carbons (Fsp3) is 0.0588. The van der Waals surface area contributed by atoms with E-state index < -0.39 is 0 Å². The highest BCUT2D eigenvalue weighted by Gasteiger charge is 1.96. The third-order valence-electron chi connectivity index (χ3n) is 2.66. The molecule has 84 valence electrons. The Kier molecular flexibility index (Phi) is 3.93. The number of hydrogen-bond acceptors (Lipinski definition) is 0. The molecule has 2 aromatic rings. The highest BCUT2D eigenvalue weighted by molar-refractivity contribution is 5.56. The molecule has 0 fully saturated rings. The normalized spacial score (nSPS) is 11.2. The van der Waals surface area contributed by atoms with Crippen molar-refractivity contribution in [3.63, 3.8) is 0 Å². The second-order valence-corrected chi connectivity index (χ2v) is 4.00. The average Bonchev–Trinajstić information content (AvgIpc) is 2.40. The van der Waals surface area contributed by atoms with E-state index in [2.05, 4.69) is 61.2 Å². The lowest BCUT2D eigenvalue weighted by atomic mass is 10.0. The van der Waals surface area contributed by atoms with Crippen LogP contribution < -0.4 is 0 Å². The molecule has 0 atom stereocenters. The third kappa shape index (κ3) is 3.46. The largest absolute Gasteiger partial charge is 0.0988 e. The number of hydrogen-bond donors (Lipinski definition) is 0. The zero-order chi connectivity index (χ0) is 11.9. The molecule has 0 saturated carbocycles. The monoisotopic (exact) mass is 220 g/mol. The van der Waals surface area contributed by atoms with Crippen LogP contribution in [0.1, 0.15) is 11.1 Å². The summed E-state index contributed by atoms with van der Waals surface area (Å²) in [5.74, 6) is 0. The Bertz CT molecular complexity index is 492.